The highest BCUT2D eigenvalue weighted by molar-refractivity contribution is 5.96. The highest BCUT2D eigenvalue weighted by Crippen LogP contribution is 2.40. The standard InChI is InChI=1S/C28H37N3O3/c1-6-29-28(34)27-21(18-30(7-2)8-3)14-24(31(27)17-20-12-10-9-11-13-20)23-15-22(19(4)5)25(32)16-26(23)33/h9-16,19,32-33H,6-8,17-18H2,1-5H3,(H,29,34). The van der Waals surface area contributed by atoms with Gasteiger partial charge in [0.05, 0.1) is 5.69 Å². The number of amides is 1. The zero-order valence-electron chi connectivity index (χ0n) is 20.9. The van der Waals surface area contributed by atoms with E-state index in [4.69, 9.17) is 0 Å². The van der Waals surface area contributed by atoms with Crippen molar-refractivity contribution in [3.8, 4) is 22.8 Å². The topological polar surface area (TPSA) is 77.7 Å². The van der Waals surface area contributed by atoms with E-state index in [1.807, 2.05) is 67.8 Å². The van der Waals surface area contributed by atoms with Gasteiger partial charge < -0.3 is 20.1 Å². The molecule has 0 radical (unpaired) electrons. The second kappa shape index (κ2) is 11.3. The lowest BCUT2D eigenvalue weighted by molar-refractivity contribution is 0.0945. The molecule has 6 nitrogen and oxygen atoms in total. The summed E-state index contributed by atoms with van der Waals surface area (Å²) in [7, 11) is 0. The van der Waals surface area contributed by atoms with Gasteiger partial charge in [0.25, 0.3) is 5.91 Å². The molecule has 0 spiro atoms. The van der Waals surface area contributed by atoms with Crippen LogP contribution in [-0.4, -0.2) is 45.2 Å². The third-order valence-electron chi connectivity index (χ3n) is 6.24. The number of aromatic nitrogens is 1. The van der Waals surface area contributed by atoms with Crippen LogP contribution in [0, 0.1) is 0 Å². The van der Waals surface area contributed by atoms with Gasteiger partial charge in [-0.05, 0) is 54.8 Å². The Labute approximate surface area is 202 Å². The number of carbonyl (C=O) groups excluding carboxylic acids is 1. The van der Waals surface area contributed by atoms with Crippen molar-refractivity contribution in [3.63, 3.8) is 0 Å². The molecular formula is C28H37N3O3. The van der Waals surface area contributed by atoms with Crippen molar-refractivity contribution >= 4 is 5.91 Å². The van der Waals surface area contributed by atoms with Crippen LogP contribution < -0.4 is 5.32 Å². The Balaban J connectivity index is 2.29. The second-order valence-corrected chi connectivity index (χ2v) is 8.88. The molecule has 0 aliphatic carbocycles. The van der Waals surface area contributed by atoms with E-state index in [1.54, 1.807) is 0 Å². The molecule has 0 unspecified atom stereocenters. The van der Waals surface area contributed by atoms with E-state index in [0.717, 1.165) is 35.5 Å². The summed E-state index contributed by atoms with van der Waals surface area (Å²) in [5.41, 5.74) is 4.69. The van der Waals surface area contributed by atoms with E-state index in [2.05, 4.69) is 24.1 Å². The monoisotopic (exact) mass is 463 g/mol. The van der Waals surface area contributed by atoms with Crippen LogP contribution in [0.15, 0.2) is 48.5 Å². The largest absolute Gasteiger partial charge is 0.508 e. The molecule has 0 bridgehead atoms. The van der Waals surface area contributed by atoms with Gasteiger partial charge in [-0.3, -0.25) is 9.69 Å². The number of nitrogens with zero attached hydrogens (tertiary/aromatic N) is 2. The molecule has 6 heteroatoms. The lowest BCUT2D eigenvalue weighted by atomic mass is 9.97. The summed E-state index contributed by atoms with van der Waals surface area (Å²) >= 11 is 0. The van der Waals surface area contributed by atoms with Crippen molar-refractivity contribution in [1.29, 1.82) is 0 Å². The third kappa shape index (κ3) is 5.45. The van der Waals surface area contributed by atoms with Gasteiger partial charge in [0.1, 0.15) is 17.2 Å². The van der Waals surface area contributed by atoms with E-state index >= 15 is 0 Å². The van der Waals surface area contributed by atoms with Gasteiger partial charge in [0.2, 0.25) is 0 Å². The Bertz CT molecular complexity index is 1120. The molecule has 0 saturated carbocycles. The van der Waals surface area contributed by atoms with Crippen LogP contribution in [0.1, 0.15) is 67.7 Å². The third-order valence-corrected chi connectivity index (χ3v) is 6.24. The minimum absolute atomic E-state index is 0.00875. The van der Waals surface area contributed by atoms with Gasteiger partial charge in [-0.15, -0.1) is 0 Å². The van der Waals surface area contributed by atoms with Crippen molar-refractivity contribution in [2.45, 2.75) is 53.6 Å². The number of hydrogen-bond donors (Lipinski definition) is 3. The summed E-state index contributed by atoms with van der Waals surface area (Å²) < 4.78 is 2.00. The van der Waals surface area contributed by atoms with Gasteiger partial charge in [-0.2, -0.15) is 0 Å². The summed E-state index contributed by atoms with van der Waals surface area (Å²) in [6, 6.07) is 15.3. The highest BCUT2D eigenvalue weighted by Gasteiger charge is 2.25. The van der Waals surface area contributed by atoms with Crippen LogP contribution in [0.3, 0.4) is 0 Å². The quantitative estimate of drug-likeness (QED) is 0.380. The molecule has 3 aromatic rings. The van der Waals surface area contributed by atoms with Gasteiger partial charge in [0.15, 0.2) is 0 Å². The summed E-state index contributed by atoms with van der Waals surface area (Å²) in [5, 5.41) is 24.2. The maximum Gasteiger partial charge on any atom is 0.268 e. The molecule has 0 aliphatic rings. The molecular weight excluding hydrogens is 426 g/mol. The van der Waals surface area contributed by atoms with E-state index in [1.165, 1.54) is 6.07 Å². The molecule has 0 aliphatic heterocycles. The Morgan fingerprint density at radius 1 is 1.00 bits per heavy atom. The number of aromatic hydroxyl groups is 2. The predicted molar refractivity (Wildman–Crippen MR) is 137 cm³/mol. The fourth-order valence-electron chi connectivity index (χ4n) is 4.34. The number of rotatable bonds is 10. The highest BCUT2D eigenvalue weighted by atomic mass is 16.3. The fraction of sp³-hybridized carbons (Fsp3) is 0.393. The first-order valence-electron chi connectivity index (χ1n) is 12.1. The molecule has 1 aromatic heterocycles. The Morgan fingerprint density at radius 3 is 2.26 bits per heavy atom. The van der Waals surface area contributed by atoms with E-state index in [0.29, 0.717) is 30.9 Å². The number of carbonyl (C=O) groups is 1. The van der Waals surface area contributed by atoms with Crippen LogP contribution in [-0.2, 0) is 13.1 Å². The smallest absolute Gasteiger partial charge is 0.268 e. The van der Waals surface area contributed by atoms with Crippen LogP contribution in [0.25, 0.3) is 11.3 Å². The molecule has 1 amide bonds. The molecule has 34 heavy (non-hydrogen) atoms. The van der Waals surface area contributed by atoms with Gasteiger partial charge >= 0.3 is 0 Å². The first kappa shape index (κ1) is 25.4. The lowest BCUT2D eigenvalue weighted by Crippen LogP contribution is -2.29. The van der Waals surface area contributed by atoms with Crippen molar-refractivity contribution in [3.05, 3.63) is 70.9 Å². The molecule has 3 N–H and O–H groups in total. The molecule has 3 rings (SSSR count). The fourth-order valence-corrected chi connectivity index (χ4v) is 4.34. The zero-order chi connectivity index (χ0) is 24.8. The van der Waals surface area contributed by atoms with Crippen LogP contribution in [0.5, 0.6) is 11.5 Å². The first-order chi connectivity index (χ1) is 16.3. The maximum absolute atomic E-state index is 13.3. The van der Waals surface area contributed by atoms with Crippen molar-refractivity contribution in [1.82, 2.24) is 14.8 Å². The Morgan fingerprint density at radius 2 is 1.68 bits per heavy atom. The molecule has 1 heterocycles. The average molecular weight is 464 g/mol. The summed E-state index contributed by atoms with van der Waals surface area (Å²) in [6.07, 6.45) is 0. The molecule has 0 atom stereocenters. The van der Waals surface area contributed by atoms with E-state index in [-0.39, 0.29) is 23.3 Å². The molecule has 0 fully saturated rings. The SMILES string of the molecule is CCNC(=O)c1c(CN(CC)CC)cc(-c2cc(C(C)C)c(O)cc2O)n1Cc1ccccc1. The summed E-state index contributed by atoms with van der Waals surface area (Å²) in [5.74, 6) is 0.0133. The van der Waals surface area contributed by atoms with Crippen LogP contribution in [0.4, 0.5) is 0 Å². The summed E-state index contributed by atoms with van der Waals surface area (Å²) in [6.45, 7) is 13.5. The van der Waals surface area contributed by atoms with Gasteiger partial charge in [0, 0.05) is 31.3 Å². The molecule has 182 valence electrons. The maximum atomic E-state index is 13.3. The normalized spacial score (nSPS) is 11.4. The minimum atomic E-state index is -0.130. The minimum Gasteiger partial charge on any atom is -0.508 e. The van der Waals surface area contributed by atoms with Crippen LogP contribution in [0.2, 0.25) is 0 Å². The van der Waals surface area contributed by atoms with Gasteiger partial charge in [-0.1, -0.05) is 58.0 Å². The second-order valence-electron chi connectivity index (χ2n) is 8.88. The van der Waals surface area contributed by atoms with Crippen LogP contribution >= 0.6 is 0 Å². The van der Waals surface area contributed by atoms with Gasteiger partial charge in [-0.25, -0.2) is 0 Å². The lowest BCUT2D eigenvalue weighted by Gasteiger charge is -2.19. The summed E-state index contributed by atoms with van der Waals surface area (Å²) in [4.78, 5) is 15.6. The molecule has 2 aromatic carbocycles. The number of benzene rings is 2. The average Bonchev–Trinajstić information content (AvgIpc) is 3.15. The van der Waals surface area contributed by atoms with Crippen molar-refractivity contribution < 1.29 is 15.0 Å². The van der Waals surface area contributed by atoms with E-state index in [9.17, 15) is 15.0 Å². The number of hydrogen-bond acceptors (Lipinski definition) is 4. The van der Waals surface area contributed by atoms with E-state index < -0.39 is 0 Å². The number of phenolic OH excluding ortho intramolecular Hbond substituents is 2. The zero-order valence-corrected chi connectivity index (χ0v) is 20.9. The van der Waals surface area contributed by atoms with Crippen molar-refractivity contribution in [2.75, 3.05) is 19.6 Å². The number of nitrogens with one attached hydrogen (secondary N) is 1. The van der Waals surface area contributed by atoms with Crippen molar-refractivity contribution in [2.24, 2.45) is 0 Å². The Kier molecular flexibility index (Phi) is 8.40. The number of phenols is 2. The molecule has 0 saturated heterocycles. The first-order valence-corrected chi connectivity index (χ1v) is 12.1. The predicted octanol–water partition coefficient (Wildman–Crippen LogP) is 5.33. The Hall–Kier alpha value is -3.25.